The van der Waals surface area contributed by atoms with Gasteiger partial charge < -0.3 is 10.1 Å². The highest BCUT2D eigenvalue weighted by Gasteiger charge is 2.29. The molecule has 0 amide bonds. The van der Waals surface area contributed by atoms with Crippen LogP contribution in [0.5, 0.6) is 5.75 Å². The van der Waals surface area contributed by atoms with Crippen LogP contribution in [0.3, 0.4) is 0 Å². The fourth-order valence-electron chi connectivity index (χ4n) is 3.25. The normalized spacial score (nSPS) is 19.4. The Morgan fingerprint density at radius 1 is 1.19 bits per heavy atom. The summed E-state index contributed by atoms with van der Waals surface area (Å²) < 4.78 is 6.14. The fraction of sp³-hybridized carbons (Fsp3) is 0.200. The first-order chi connectivity index (χ1) is 13.1. The van der Waals surface area contributed by atoms with Gasteiger partial charge in [0.2, 0.25) is 0 Å². The number of halogens is 2. The SMILES string of the molecule is S=C(N/N=C1\CCC[C@@H]2Oc3ccccc3C=C12)Nc1ccc(Cl)cc1Cl. The van der Waals surface area contributed by atoms with Crippen molar-refractivity contribution in [3.8, 4) is 5.75 Å². The number of benzene rings is 2. The highest BCUT2D eigenvalue weighted by Crippen LogP contribution is 2.35. The van der Waals surface area contributed by atoms with E-state index in [0.717, 1.165) is 41.9 Å². The molecule has 1 atom stereocenters. The van der Waals surface area contributed by atoms with Gasteiger partial charge in [0.1, 0.15) is 11.9 Å². The number of hydrogen-bond acceptors (Lipinski definition) is 3. The van der Waals surface area contributed by atoms with Crippen LogP contribution in [0, 0.1) is 0 Å². The molecule has 0 spiro atoms. The summed E-state index contributed by atoms with van der Waals surface area (Å²) in [6.45, 7) is 0. The van der Waals surface area contributed by atoms with Crippen molar-refractivity contribution in [2.24, 2.45) is 5.10 Å². The standard InChI is InChI=1S/C20H17Cl2N3OS/c21-13-8-9-17(15(22)11-13)23-20(27)25-24-16-5-3-7-19-14(16)10-12-4-1-2-6-18(12)26-19/h1-2,4,6,8-11,19H,3,5,7H2,(H2,23,25,27)/b24-16+/t19-/m0/s1. The number of rotatable bonds is 2. The maximum Gasteiger partial charge on any atom is 0.191 e. The second-order valence-electron chi connectivity index (χ2n) is 6.38. The molecule has 0 saturated heterocycles. The summed E-state index contributed by atoms with van der Waals surface area (Å²) in [4.78, 5) is 0. The van der Waals surface area contributed by atoms with Gasteiger partial charge in [-0.15, -0.1) is 0 Å². The molecule has 138 valence electrons. The molecule has 0 unspecified atom stereocenters. The molecule has 2 aliphatic rings. The van der Waals surface area contributed by atoms with Gasteiger partial charge in [0.05, 0.1) is 16.4 Å². The molecule has 0 aromatic heterocycles. The molecular formula is C20H17Cl2N3OS. The van der Waals surface area contributed by atoms with Gasteiger partial charge in [-0.1, -0.05) is 41.4 Å². The lowest BCUT2D eigenvalue weighted by Gasteiger charge is -2.31. The Hall–Kier alpha value is -2.08. The Kier molecular flexibility index (Phi) is 5.34. The number of anilines is 1. The first-order valence-electron chi connectivity index (χ1n) is 8.66. The van der Waals surface area contributed by atoms with Crippen molar-refractivity contribution >= 4 is 58.0 Å². The summed E-state index contributed by atoms with van der Waals surface area (Å²) in [7, 11) is 0. The topological polar surface area (TPSA) is 45.7 Å². The van der Waals surface area contributed by atoms with E-state index in [9.17, 15) is 0 Å². The van der Waals surface area contributed by atoms with Crippen molar-refractivity contribution in [1.82, 2.24) is 5.43 Å². The van der Waals surface area contributed by atoms with Crippen LogP contribution in [0.2, 0.25) is 10.0 Å². The predicted molar refractivity (Wildman–Crippen MR) is 116 cm³/mol. The zero-order valence-electron chi connectivity index (χ0n) is 14.3. The molecular weight excluding hydrogens is 401 g/mol. The van der Waals surface area contributed by atoms with E-state index in [2.05, 4.69) is 21.9 Å². The van der Waals surface area contributed by atoms with Crippen LogP contribution in [-0.4, -0.2) is 16.9 Å². The molecule has 7 heteroatoms. The lowest BCUT2D eigenvalue weighted by Crippen LogP contribution is -2.33. The van der Waals surface area contributed by atoms with Gasteiger partial charge in [0.25, 0.3) is 0 Å². The average Bonchev–Trinajstić information content (AvgIpc) is 2.67. The number of hydrogen-bond donors (Lipinski definition) is 2. The quantitative estimate of drug-likeness (QED) is 0.488. The van der Waals surface area contributed by atoms with E-state index in [0.29, 0.717) is 20.8 Å². The summed E-state index contributed by atoms with van der Waals surface area (Å²) in [5.41, 5.74) is 6.75. The third-order valence-corrected chi connectivity index (χ3v) is 5.27. The Bertz CT molecular complexity index is 958. The van der Waals surface area contributed by atoms with E-state index >= 15 is 0 Å². The molecule has 2 N–H and O–H groups in total. The van der Waals surface area contributed by atoms with Gasteiger partial charge in [-0.25, -0.2) is 0 Å². The van der Waals surface area contributed by atoms with Crippen molar-refractivity contribution < 1.29 is 4.74 Å². The minimum absolute atomic E-state index is 0.0430. The summed E-state index contributed by atoms with van der Waals surface area (Å²) in [5, 5.41) is 9.00. The van der Waals surface area contributed by atoms with Crippen molar-refractivity contribution in [2.75, 3.05) is 5.32 Å². The molecule has 27 heavy (non-hydrogen) atoms. The fourth-order valence-corrected chi connectivity index (χ4v) is 3.86. The monoisotopic (exact) mass is 417 g/mol. The number of thiocarbonyl (C=S) groups is 1. The van der Waals surface area contributed by atoms with E-state index in [-0.39, 0.29) is 6.10 Å². The van der Waals surface area contributed by atoms with E-state index in [1.165, 1.54) is 0 Å². The minimum atomic E-state index is 0.0430. The molecule has 2 aromatic rings. The maximum atomic E-state index is 6.17. The van der Waals surface area contributed by atoms with Crippen molar-refractivity contribution in [2.45, 2.75) is 25.4 Å². The van der Waals surface area contributed by atoms with E-state index < -0.39 is 0 Å². The van der Waals surface area contributed by atoms with Crippen LogP contribution >= 0.6 is 35.4 Å². The molecule has 1 aliphatic carbocycles. The zero-order valence-corrected chi connectivity index (χ0v) is 16.7. The molecule has 4 nitrogen and oxygen atoms in total. The Balaban J connectivity index is 1.50. The molecule has 1 aliphatic heterocycles. The molecule has 1 heterocycles. The average molecular weight is 418 g/mol. The molecule has 0 bridgehead atoms. The van der Waals surface area contributed by atoms with Gasteiger partial charge in [-0.2, -0.15) is 5.10 Å². The van der Waals surface area contributed by atoms with E-state index in [1.54, 1.807) is 18.2 Å². The van der Waals surface area contributed by atoms with Gasteiger partial charge in [-0.05, 0) is 61.8 Å². The number of ether oxygens (including phenoxy) is 1. The van der Waals surface area contributed by atoms with Crippen LogP contribution in [0.25, 0.3) is 6.08 Å². The molecule has 1 saturated carbocycles. The van der Waals surface area contributed by atoms with Crippen molar-refractivity contribution in [3.05, 3.63) is 63.6 Å². The smallest absolute Gasteiger partial charge is 0.191 e. The van der Waals surface area contributed by atoms with Gasteiger partial charge in [0, 0.05) is 16.2 Å². The van der Waals surface area contributed by atoms with Gasteiger partial charge in [-0.3, -0.25) is 5.43 Å². The number of nitrogens with zero attached hydrogens (tertiary/aromatic N) is 1. The molecule has 1 fully saturated rings. The third-order valence-electron chi connectivity index (χ3n) is 4.53. The minimum Gasteiger partial charge on any atom is -0.485 e. The largest absolute Gasteiger partial charge is 0.485 e. The second-order valence-corrected chi connectivity index (χ2v) is 7.64. The maximum absolute atomic E-state index is 6.17. The summed E-state index contributed by atoms with van der Waals surface area (Å²) >= 11 is 17.4. The number of fused-ring (bicyclic) bond motifs is 2. The third kappa shape index (κ3) is 4.10. The highest BCUT2D eigenvalue weighted by atomic mass is 35.5. The number of nitrogens with one attached hydrogen (secondary N) is 2. The van der Waals surface area contributed by atoms with E-state index in [4.69, 9.17) is 40.2 Å². The number of para-hydroxylation sites is 1. The van der Waals surface area contributed by atoms with Crippen molar-refractivity contribution in [1.29, 1.82) is 0 Å². The van der Waals surface area contributed by atoms with E-state index in [1.807, 2.05) is 24.3 Å². The van der Waals surface area contributed by atoms with Crippen molar-refractivity contribution in [3.63, 3.8) is 0 Å². The number of hydrazone groups is 1. The lowest BCUT2D eigenvalue weighted by molar-refractivity contribution is 0.220. The first-order valence-corrected chi connectivity index (χ1v) is 9.83. The van der Waals surface area contributed by atoms with Crippen LogP contribution < -0.4 is 15.5 Å². The Morgan fingerprint density at radius 3 is 2.89 bits per heavy atom. The Labute approximate surface area is 173 Å². The van der Waals surface area contributed by atoms with Crippen LogP contribution in [0.15, 0.2) is 53.1 Å². The van der Waals surface area contributed by atoms with Crippen LogP contribution in [0.4, 0.5) is 5.69 Å². The van der Waals surface area contributed by atoms with Crippen LogP contribution in [-0.2, 0) is 0 Å². The summed E-state index contributed by atoms with van der Waals surface area (Å²) in [6.07, 6.45) is 5.10. The Morgan fingerprint density at radius 2 is 2.04 bits per heavy atom. The van der Waals surface area contributed by atoms with Crippen LogP contribution in [0.1, 0.15) is 24.8 Å². The predicted octanol–water partition coefficient (Wildman–Crippen LogP) is 5.66. The zero-order chi connectivity index (χ0) is 18.8. The summed E-state index contributed by atoms with van der Waals surface area (Å²) in [5.74, 6) is 0.926. The lowest BCUT2D eigenvalue weighted by atomic mass is 9.87. The van der Waals surface area contributed by atoms with Gasteiger partial charge in [0.15, 0.2) is 5.11 Å². The molecule has 2 aromatic carbocycles. The molecule has 4 rings (SSSR count). The van der Waals surface area contributed by atoms with Gasteiger partial charge >= 0.3 is 0 Å². The second kappa shape index (κ2) is 7.89. The first kappa shape index (κ1) is 18.3. The highest BCUT2D eigenvalue weighted by molar-refractivity contribution is 7.80. The molecule has 0 radical (unpaired) electrons. The summed E-state index contributed by atoms with van der Waals surface area (Å²) in [6, 6.07) is 13.2.